The minimum atomic E-state index is -4.39. The van der Waals surface area contributed by atoms with Crippen LogP contribution in [0.2, 0.25) is 0 Å². The zero-order valence-electron chi connectivity index (χ0n) is 14.8. The van der Waals surface area contributed by atoms with Crippen molar-refractivity contribution < 1.29 is 32.2 Å². The number of amides is 1. The Kier molecular flexibility index (Phi) is 6.56. The SMILES string of the molecule is COc1ccc(OS(=O)(=O)c2ccc(CN(C(=O)O)C(N)=S)c([N+](=O)[O-])c2)cc1. The second-order valence-corrected chi connectivity index (χ2v) is 7.43. The summed E-state index contributed by atoms with van der Waals surface area (Å²) in [4.78, 5) is 21.7. The fourth-order valence-corrected chi connectivity index (χ4v) is 3.31. The molecule has 154 valence electrons. The van der Waals surface area contributed by atoms with Crippen molar-refractivity contribution in [3.05, 3.63) is 58.1 Å². The molecule has 0 saturated carbocycles. The number of nitrogens with two attached hydrogens (primary N) is 1. The molecule has 13 heteroatoms. The van der Waals surface area contributed by atoms with Crippen LogP contribution in [-0.4, -0.2) is 41.7 Å². The molecule has 0 heterocycles. The van der Waals surface area contributed by atoms with E-state index in [4.69, 9.17) is 19.8 Å². The number of nitro benzene ring substituents is 1. The highest BCUT2D eigenvalue weighted by molar-refractivity contribution is 7.87. The molecule has 0 spiro atoms. The van der Waals surface area contributed by atoms with Crippen molar-refractivity contribution >= 4 is 39.2 Å². The van der Waals surface area contributed by atoms with Crippen LogP contribution >= 0.6 is 12.2 Å². The standard InChI is InChI=1S/C16H15N3O8S2/c1-26-11-3-5-12(6-4-11)27-29(24,25)13-7-2-10(14(8-13)19(22)23)9-18(15(17)28)16(20)21/h2-8H,9H2,1H3,(H2,17,28)(H,20,21). The van der Waals surface area contributed by atoms with Gasteiger partial charge in [0.05, 0.1) is 18.6 Å². The first-order valence-electron chi connectivity index (χ1n) is 7.71. The van der Waals surface area contributed by atoms with E-state index in [1.165, 1.54) is 31.4 Å². The lowest BCUT2D eigenvalue weighted by Crippen LogP contribution is -2.39. The molecule has 2 aromatic rings. The number of methoxy groups -OCH3 is 1. The van der Waals surface area contributed by atoms with E-state index in [1.807, 2.05) is 0 Å². The molecule has 0 bridgehead atoms. The number of hydrogen-bond acceptors (Lipinski definition) is 8. The largest absolute Gasteiger partial charge is 0.497 e. The average Bonchev–Trinajstić information content (AvgIpc) is 2.65. The molecule has 0 aliphatic heterocycles. The lowest BCUT2D eigenvalue weighted by Gasteiger charge is -2.17. The monoisotopic (exact) mass is 441 g/mol. The van der Waals surface area contributed by atoms with Crippen LogP contribution in [0.1, 0.15) is 5.56 Å². The van der Waals surface area contributed by atoms with Crippen molar-refractivity contribution in [2.45, 2.75) is 11.4 Å². The number of nitro groups is 1. The first kappa shape index (κ1) is 21.8. The van der Waals surface area contributed by atoms with E-state index in [9.17, 15) is 23.3 Å². The van der Waals surface area contributed by atoms with E-state index in [0.29, 0.717) is 10.6 Å². The summed E-state index contributed by atoms with van der Waals surface area (Å²) in [5, 5.41) is 20.0. The minimum absolute atomic E-state index is 0.0249. The van der Waals surface area contributed by atoms with Crippen LogP contribution < -0.4 is 14.7 Å². The van der Waals surface area contributed by atoms with E-state index >= 15 is 0 Å². The maximum atomic E-state index is 12.5. The Balaban J connectivity index is 2.38. The maximum absolute atomic E-state index is 12.5. The summed E-state index contributed by atoms with van der Waals surface area (Å²) < 4.78 is 34.8. The van der Waals surface area contributed by atoms with Crippen LogP contribution in [0.5, 0.6) is 11.5 Å². The number of hydrogen-bond donors (Lipinski definition) is 2. The predicted molar refractivity (Wildman–Crippen MR) is 104 cm³/mol. The Morgan fingerprint density at radius 3 is 2.31 bits per heavy atom. The molecule has 0 aromatic heterocycles. The van der Waals surface area contributed by atoms with Crippen LogP contribution in [-0.2, 0) is 16.7 Å². The highest BCUT2D eigenvalue weighted by atomic mass is 32.2. The van der Waals surface area contributed by atoms with Gasteiger partial charge in [0.15, 0.2) is 5.11 Å². The molecule has 0 fully saturated rings. The summed E-state index contributed by atoms with van der Waals surface area (Å²) in [5.41, 5.74) is 4.56. The van der Waals surface area contributed by atoms with Gasteiger partial charge in [-0.2, -0.15) is 8.42 Å². The highest BCUT2D eigenvalue weighted by Gasteiger charge is 2.26. The number of carbonyl (C=O) groups is 1. The molecule has 29 heavy (non-hydrogen) atoms. The fraction of sp³-hybridized carbons (Fsp3) is 0.125. The van der Waals surface area contributed by atoms with Crippen LogP contribution in [0.25, 0.3) is 0 Å². The van der Waals surface area contributed by atoms with E-state index < -0.39 is 43.4 Å². The quantitative estimate of drug-likeness (QED) is 0.281. The molecule has 0 saturated heterocycles. The van der Waals surface area contributed by atoms with Gasteiger partial charge in [-0.1, -0.05) is 0 Å². The van der Waals surface area contributed by atoms with Crippen LogP contribution in [0.15, 0.2) is 47.4 Å². The number of carboxylic acid groups (broad SMARTS) is 1. The smallest absolute Gasteiger partial charge is 0.413 e. The Morgan fingerprint density at radius 2 is 1.83 bits per heavy atom. The summed E-state index contributed by atoms with van der Waals surface area (Å²) in [5.74, 6) is 0.457. The highest BCUT2D eigenvalue weighted by Crippen LogP contribution is 2.27. The minimum Gasteiger partial charge on any atom is -0.497 e. The number of thiocarbonyl (C=S) groups is 1. The van der Waals surface area contributed by atoms with Gasteiger partial charge >= 0.3 is 16.2 Å². The molecular weight excluding hydrogens is 426 g/mol. The van der Waals surface area contributed by atoms with Gasteiger partial charge < -0.3 is 19.8 Å². The Morgan fingerprint density at radius 1 is 1.24 bits per heavy atom. The van der Waals surface area contributed by atoms with Crippen molar-refractivity contribution in [2.75, 3.05) is 7.11 Å². The number of ether oxygens (including phenoxy) is 1. The third-order valence-corrected chi connectivity index (χ3v) is 5.10. The summed E-state index contributed by atoms with van der Waals surface area (Å²) >= 11 is 4.61. The maximum Gasteiger partial charge on any atom is 0.413 e. The van der Waals surface area contributed by atoms with E-state index in [1.54, 1.807) is 0 Å². The molecule has 2 rings (SSSR count). The third-order valence-electron chi connectivity index (χ3n) is 3.63. The van der Waals surface area contributed by atoms with Crippen LogP contribution in [0.4, 0.5) is 10.5 Å². The molecule has 0 aliphatic carbocycles. The zero-order valence-corrected chi connectivity index (χ0v) is 16.5. The number of benzene rings is 2. The number of nitrogens with zero attached hydrogens (tertiary/aromatic N) is 2. The van der Waals surface area contributed by atoms with Crippen LogP contribution in [0, 0.1) is 10.1 Å². The lowest BCUT2D eigenvalue weighted by molar-refractivity contribution is -0.385. The van der Waals surface area contributed by atoms with Gasteiger partial charge in [0.25, 0.3) is 5.69 Å². The van der Waals surface area contributed by atoms with Gasteiger partial charge in [-0.25, -0.2) is 9.69 Å². The van der Waals surface area contributed by atoms with E-state index in [2.05, 4.69) is 12.2 Å². The third kappa shape index (κ3) is 5.30. The zero-order chi connectivity index (χ0) is 21.8. The van der Waals surface area contributed by atoms with Crippen molar-refractivity contribution in [1.29, 1.82) is 0 Å². The number of rotatable bonds is 7. The Labute approximate surface area is 170 Å². The fourth-order valence-electron chi connectivity index (χ4n) is 2.22. The molecule has 0 unspecified atom stereocenters. The van der Waals surface area contributed by atoms with Crippen molar-refractivity contribution in [3.8, 4) is 11.5 Å². The van der Waals surface area contributed by atoms with Crippen molar-refractivity contribution in [1.82, 2.24) is 4.90 Å². The van der Waals surface area contributed by atoms with Gasteiger partial charge in [-0.3, -0.25) is 10.1 Å². The van der Waals surface area contributed by atoms with E-state index in [0.717, 1.165) is 18.2 Å². The summed E-state index contributed by atoms with van der Waals surface area (Å²) in [6, 6.07) is 8.59. The van der Waals surface area contributed by atoms with Gasteiger partial charge in [-0.05, 0) is 48.6 Å². The van der Waals surface area contributed by atoms with Gasteiger partial charge in [-0.15, -0.1) is 0 Å². The van der Waals surface area contributed by atoms with Crippen LogP contribution in [0.3, 0.4) is 0 Å². The second-order valence-electron chi connectivity index (χ2n) is 5.47. The topological polar surface area (TPSA) is 162 Å². The summed E-state index contributed by atoms with van der Waals surface area (Å²) in [6.45, 7) is -0.527. The molecule has 3 N–H and O–H groups in total. The van der Waals surface area contributed by atoms with Gasteiger partial charge in [0.2, 0.25) is 0 Å². The first-order chi connectivity index (χ1) is 13.5. The molecule has 0 atom stereocenters. The van der Waals surface area contributed by atoms with Crippen molar-refractivity contribution in [2.24, 2.45) is 5.73 Å². The Hall–Kier alpha value is -3.45. The second kappa shape index (κ2) is 8.70. The normalized spacial score (nSPS) is 10.8. The molecule has 11 nitrogen and oxygen atoms in total. The lowest BCUT2D eigenvalue weighted by atomic mass is 10.1. The summed E-state index contributed by atoms with van der Waals surface area (Å²) in [7, 11) is -2.95. The van der Waals surface area contributed by atoms with E-state index in [-0.39, 0.29) is 11.3 Å². The molecule has 1 amide bonds. The molecule has 2 aromatic carbocycles. The van der Waals surface area contributed by atoms with Gasteiger partial charge in [0.1, 0.15) is 16.4 Å². The predicted octanol–water partition coefficient (Wildman–Crippen LogP) is 2.09. The Bertz CT molecular complexity index is 1040. The van der Waals surface area contributed by atoms with Gasteiger partial charge in [0, 0.05) is 11.6 Å². The molecular formula is C16H15N3O8S2. The van der Waals surface area contributed by atoms with Crippen molar-refractivity contribution in [3.63, 3.8) is 0 Å². The molecule has 0 radical (unpaired) electrons. The molecule has 0 aliphatic rings. The first-order valence-corrected chi connectivity index (χ1v) is 9.52. The average molecular weight is 441 g/mol. The summed E-state index contributed by atoms with van der Waals surface area (Å²) in [6.07, 6.45) is -1.51.